The third-order valence-electron chi connectivity index (χ3n) is 4.01. The highest BCUT2D eigenvalue weighted by molar-refractivity contribution is 5.75. The molecule has 0 spiro atoms. The summed E-state index contributed by atoms with van der Waals surface area (Å²) >= 11 is 0. The summed E-state index contributed by atoms with van der Waals surface area (Å²) in [5, 5.41) is 0. The minimum atomic E-state index is -0.461. The predicted molar refractivity (Wildman–Crippen MR) is 84.3 cm³/mol. The van der Waals surface area contributed by atoms with E-state index in [4.69, 9.17) is 10.5 Å². The molecule has 0 aliphatic carbocycles. The first-order valence-corrected chi connectivity index (χ1v) is 7.60. The maximum atomic E-state index is 10.8. The maximum Gasteiger partial charge on any atom is 0.255 e. The van der Waals surface area contributed by atoms with Crippen molar-refractivity contribution in [3.8, 4) is 5.75 Å². The topological polar surface area (TPSA) is 71.4 Å². The van der Waals surface area contributed by atoms with Crippen LogP contribution in [0.3, 0.4) is 0 Å². The number of aromatic nitrogens is 1. The summed E-state index contributed by atoms with van der Waals surface area (Å²) in [6.45, 7) is 1.88. The Bertz CT molecular complexity index is 625. The number of H-pyrrole nitrogens is 1. The Balaban J connectivity index is 1.67. The Morgan fingerprint density at radius 2 is 2.27 bits per heavy atom. The first kappa shape index (κ1) is 14.7. The summed E-state index contributed by atoms with van der Waals surface area (Å²) in [5.74, 6) is 0.226. The zero-order valence-corrected chi connectivity index (χ0v) is 12.5. The number of hydrogen-bond acceptors (Lipinski definition) is 3. The van der Waals surface area contributed by atoms with Gasteiger partial charge in [-0.2, -0.15) is 0 Å². The van der Waals surface area contributed by atoms with E-state index in [9.17, 15) is 4.79 Å². The molecule has 1 amide bonds. The zero-order chi connectivity index (χ0) is 15.4. The van der Waals surface area contributed by atoms with E-state index in [0.717, 1.165) is 13.1 Å². The fourth-order valence-electron chi connectivity index (χ4n) is 3.04. The number of nitrogens with zero attached hydrogens (tertiary/aromatic N) is 1. The van der Waals surface area contributed by atoms with Crippen LogP contribution in [0.4, 0.5) is 0 Å². The first-order valence-electron chi connectivity index (χ1n) is 7.60. The van der Waals surface area contributed by atoms with Gasteiger partial charge in [0.15, 0.2) is 6.61 Å². The highest BCUT2D eigenvalue weighted by atomic mass is 16.5. The lowest BCUT2D eigenvalue weighted by molar-refractivity contribution is -0.119. The predicted octanol–water partition coefficient (Wildman–Crippen LogP) is 2.22. The monoisotopic (exact) mass is 299 g/mol. The van der Waals surface area contributed by atoms with Gasteiger partial charge in [0.1, 0.15) is 5.75 Å². The Labute approximate surface area is 130 Å². The lowest BCUT2D eigenvalue weighted by Crippen LogP contribution is -2.23. The Kier molecular flexibility index (Phi) is 4.44. The number of rotatable bonds is 6. The summed E-state index contributed by atoms with van der Waals surface area (Å²) < 4.78 is 5.37. The molecule has 1 fully saturated rings. The van der Waals surface area contributed by atoms with Gasteiger partial charge in [0, 0.05) is 18.4 Å². The van der Waals surface area contributed by atoms with Crippen molar-refractivity contribution in [2.24, 2.45) is 5.73 Å². The summed E-state index contributed by atoms with van der Waals surface area (Å²) in [7, 11) is 0. The first-order chi connectivity index (χ1) is 10.7. The highest BCUT2D eigenvalue weighted by Gasteiger charge is 2.26. The third-order valence-corrected chi connectivity index (χ3v) is 4.01. The van der Waals surface area contributed by atoms with E-state index in [1.54, 1.807) is 0 Å². The van der Waals surface area contributed by atoms with Crippen molar-refractivity contribution in [1.82, 2.24) is 9.88 Å². The van der Waals surface area contributed by atoms with Crippen LogP contribution in [0.15, 0.2) is 42.6 Å². The Hall–Kier alpha value is -2.27. The van der Waals surface area contributed by atoms with Crippen molar-refractivity contribution >= 4 is 5.91 Å². The summed E-state index contributed by atoms with van der Waals surface area (Å²) in [6, 6.07) is 12.5. The number of amides is 1. The number of carbonyl (C=O) groups is 1. The number of carbonyl (C=O) groups excluding carboxylic acids is 1. The van der Waals surface area contributed by atoms with E-state index >= 15 is 0 Å². The third kappa shape index (κ3) is 3.49. The summed E-state index contributed by atoms with van der Waals surface area (Å²) in [4.78, 5) is 16.6. The molecule has 1 aromatic heterocycles. The molecule has 0 saturated carbocycles. The number of primary amides is 1. The lowest BCUT2D eigenvalue weighted by Gasteiger charge is -2.24. The average Bonchev–Trinajstić information content (AvgIpc) is 3.16. The van der Waals surface area contributed by atoms with Gasteiger partial charge in [-0.25, -0.2) is 0 Å². The van der Waals surface area contributed by atoms with E-state index in [2.05, 4.69) is 22.0 Å². The minimum absolute atomic E-state index is 0.0851. The largest absolute Gasteiger partial charge is 0.484 e. The van der Waals surface area contributed by atoms with E-state index in [1.165, 1.54) is 24.1 Å². The van der Waals surface area contributed by atoms with Crippen molar-refractivity contribution in [2.45, 2.75) is 25.4 Å². The standard InChI is InChI=1S/C17H21N3O2/c18-17(21)12-22-14-5-1-4-13(10-14)11-20-9-3-7-16(20)15-6-2-8-19-15/h1-2,4-6,8,10,16,19H,3,7,9,11-12H2,(H2,18,21)/t16-/m1/s1. The van der Waals surface area contributed by atoms with Crippen LogP contribution < -0.4 is 10.5 Å². The van der Waals surface area contributed by atoms with Gasteiger partial charge in [-0.05, 0) is 49.2 Å². The number of likely N-dealkylation sites (tertiary alicyclic amines) is 1. The molecular formula is C17H21N3O2. The van der Waals surface area contributed by atoms with Crippen LogP contribution in [0.1, 0.15) is 30.1 Å². The molecule has 0 bridgehead atoms. The van der Waals surface area contributed by atoms with Crippen LogP contribution in [0.5, 0.6) is 5.75 Å². The van der Waals surface area contributed by atoms with Gasteiger partial charge < -0.3 is 15.5 Å². The van der Waals surface area contributed by atoms with Crippen molar-refractivity contribution < 1.29 is 9.53 Å². The van der Waals surface area contributed by atoms with Crippen molar-refractivity contribution in [3.63, 3.8) is 0 Å². The molecule has 2 heterocycles. The molecule has 0 radical (unpaired) electrons. The van der Waals surface area contributed by atoms with Crippen LogP contribution in [0.2, 0.25) is 0 Å². The summed E-state index contributed by atoms with van der Waals surface area (Å²) in [5.41, 5.74) is 7.56. The van der Waals surface area contributed by atoms with E-state index < -0.39 is 5.91 Å². The molecule has 5 nitrogen and oxygen atoms in total. The lowest BCUT2D eigenvalue weighted by atomic mass is 10.1. The quantitative estimate of drug-likeness (QED) is 0.859. The number of nitrogens with one attached hydrogen (secondary N) is 1. The van der Waals surface area contributed by atoms with Gasteiger partial charge in [-0.3, -0.25) is 9.69 Å². The number of aromatic amines is 1. The van der Waals surface area contributed by atoms with Gasteiger partial charge in [0.2, 0.25) is 0 Å². The number of hydrogen-bond donors (Lipinski definition) is 2. The number of nitrogens with two attached hydrogens (primary N) is 1. The second kappa shape index (κ2) is 6.66. The SMILES string of the molecule is NC(=O)COc1cccc(CN2CCC[C@@H]2c2ccc[nH]2)c1. The van der Waals surface area contributed by atoms with Crippen molar-refractivity contribution in [1.29, 1.82) is 0 Å². The van der Waals surface area contributed by atoms with E-state index in [1.807, 2.05) is 30.5 Å². The number of ether oxygens (including phenoxy) is 1. The second-order valence-electron chi connectivity index (χ2n) is 5.66. The molecule has 1 saturated heterocycles. The molecule has 5 heteroatoms. The molecule has 22 heavy (non-hydrogen) atoms. The second-order valence-corrected chi connectivity index (χ2v) is 5.66. The molecule has 3 rings (SSSR count). The van der Waals surface area contributed by atoms with Gasteiger partial charge in [-0.15, -0.1) is 0 Å². The smallest absolute Gasteiger partial charge is 0.255 e. The zero-order valence-electron chi connectivity index (χ0n) is 12.5. The minimum Gasteiger partial charge on any atom is -0.484 e. The Morgan fingerprint density at radius 1 is 1.36 bits per heavy atom. The molecule has 1 atom stereocenters. The normalized spacial score (nSPS) is 18.5. The van der Waals surface area contributed by atoms with Gasteiger partial charge in [-0.1, -0.05) is 12.1 Å². The fourth-order valence-corrected chi connectivity index (χ4v) is 3.04. The molecule has 0 unspecified atom stereocenters. The van der Waals surface area contributed by atoms with Crippen LogP contribution in [0.25, 0.3) is 0 Å². The molecule has 1 aliphatic rings. The molecular weight excluding hydrogens is 278 g/mol. The Morgan fingerprint density at radius 3 is 3.05 bits per heavy atom. The van der Waals surface area contributed by atoms with Gasteiger partial charge in [0.05, 0.1) is 6.04 Å². The number of benzene rings is 1. The van der Waals surface area contributed by atoms with Crippen molar-refractivity contribution in [3.05, 3.63) is 53.9 Å². The molecule has 1 aliphatic heterocycles. The van der Waals surface area contributed by atoms with Crippen LogP contribution >= 0.6 is 0 Å². The maximum absolute atomic E-state index is 10.8. The molecule has 3 N–H and O–H groups in total. The van der Waals surface area contributed by atoms with E-state index in [-0.39, 0.29) is 6.61 Å². The molecule has 116 valence electrons. The van der Waals surface area contributed by atoms with Crippen molar-refractivity contribution in [2.75, 3.05) is 13.2 Å². The molecule has 1 aromatic carbocycles. The van der Waals surface area contributed by atoms with Crippen LogP contribution in [-0.4, -0.2) is 28.9 Å². The molecule has 2 aromatic rings. The summed E-state index contributed by atoms with van der Waals surface area (Å²) in [6.07, 6.45) is 4.37. The fraction of sp³-hybridized carbons (Fsp3) is 0.353. The van der Waals surface area contributed by atoms with Gasteiger partial charge >= 0.3 is 0 Å². The van der Waals surface area contributed by atoms with Crippen LogP contribution in [0, 0.1) is 0 Å². The van der Waals surface area contributed by atoms with Crippen LogP contribution in [-0.2, 0) is 11.3 Å². The highest BCUT2D eigenvalue weighted by Crippen LogP contribution is 2.32. The average molecular weight is 299 g/mol. The van der Waals surface area contributed by atoms with Gasteiger partial charge in [0.25, 0.3) is 5.91 Å². The van der Waals surface area contributed by atoms with E-state index in [0.29, 0.717) is 11.8 Å².